The van der Waals surface area contributed by atoms with Gasteiger partial charge < -0.3 is 10.1 Å². The number of rotatable bonds is 3. The monoisotopic (exact) mass is 250 g/mol. The number of carbonyl (C=O) groups excluding carboxylic acids is 1. The molecule has 1 unspecified atom stereocenters. The summed E-state index contributed by atoms with van der Waals surface area (Å²) in [6.45, 7) is 3.86. The molecule has 1 amide bonds. The number of halogens is 1. The largest absolute Gasteiger partial charge is 0.494 e. The van der Waals surface area contributed by atoms with Crippen LogP contribution in [0.2, 0.25) is 0 Å². The number of nitrogens with one attached hydrogen (secondary N) is 1. The molecule has 1 aromatic rings. The van der Waals surface area contributed by atoms with Crippen molar-refractivity contribution in [2.24, 2.45) is 10.9 Å². The number of carbonyl (C=O) groups is 1. The van der Waals surface area contributed by atoms with Crippen LogP contribution in [0.4, 0.5) is 4.39 Å². The fraction of sp³-hybridized carbons (Fsp3) is 0.385. The predicted molar refractivity (Wildman–Crippen MR) is 66.3 cm³/mol. The molecule has 0 radical (unpaired) electrons. The van der Waals surface area contributed by atoms with Gasteiger partial charge in [-0.05, 0) is 24.1 Å². The van der Waals surface area contributed by atoms with E-state index in [9.17, 15) is 9.18 Å². The summed E-state index contributed by atoms with van der Waals surface area (Å²) < 4.78 is 18.2. The van der Waals surface area contributed by atoms with Crippen molar-refractivity contribution in [1.29, 1.82) is 0 Å². The first kappa shape index (κ1) is 12.5. The highest BCUT2D eigenvalue weighted by atomic mass is 19.1. The summed E-state index contributed by atoms with van der Waals surface area (Å²) >= 11 is 0. The summed E-state index contributed by atoms with van der Waals surface area (Å²) in [5.74, 6) is 0.175. The highest BCUT2D eigenvalue weighted by Crippen LogP contribution is 2.21. The minimum atomic E-state index is -0.438. The van der Waals surface area contributed by atoms with Gasteiger partial charge >= 0.3 is 0 Å². The number of amidine groups is 1. The van der Waals surface area contributed by atoms with Crippen molar-refractivity contribution in [3.63, 3.8) is 0 Å². The molecule has 5 heteroatoms. The second kappa shape index (κ2) is 4.76. The number of ether oxygens (including phenoxy) is 1. The summed E-state index contributed by atoms with van der Waals surface area (Å²) in [5.41, 5.74) is 0.643. The number of amides is 1. The van der Waals surface area contributed by atoms with E-state index < -0.39 is 5.82 Å². The first-order chi connectivity index (χ1) is 8.52. The highest BCUT2D eigenvalue weighted by molar-refractivity contribution is 6.13. The first-order valence-corrected chi connectivity index (χ1v) is 5.75. The number of nitrogens with zero attached hydrogens (tertiary/aromatic N) is 1. The number of hydrogen-bond acceptors (Lipinski definition) is 3. The van der Waals surface area contributed by atoms with Crippen LogP contribution in [0.3, 0.4) is 0 Å². The number of aliphatic imine (C=N–C) groups is 1. The minimum Gasteiger partial charge on any atom is -0.494 e. The van der Waals surface area contributed by atoms with Gasteiger partial charge in [0.25, 0.3) is 5.91 Å². The molecular weight excluding hydrogens is 235 g/mol. The van der Waals surface area contributed by atoms with Crippen molar-refractivity contribution < 1.29 is 13.9 Å². The Kier molecular flexibility index (Phi) is 3.32. The van der Waals surface area contributed by atoms with Gasteiger partial charge in [0.1, 0.15) is 11.9 Å². The van der Waals surface area contributed by atoms with Gasteiger partial charge in [0, 0.05) is 5.56 Å². The Morgan fingerprint density at radius 1 is 1.44 bits per heavy atom. The fourth-order valence-electron chi connectivity index (χ4n) is 1.83. The van der Waals surface area contributed by atoms with Crippen molar-refractivity contribution in [3.8, 4) is 5.75 Å². The van der Waals surface area contributed by atoms with Crippen LogP contribution in [-0.2, 0) is 4.79 Å². The SMILES string of the molecule is COc1cc(C2=NC(C(C)C)C(=O)N2)ccc1F. The predicted octanol–water partition coefficient (Wildman–Crippen LogP) is 1.74. The van der Waals surface area contributed by atoms with E-state index >= 15 is 0 Å². The molecule has 1 aliphatic heterocycles. The van der Waals surface area contributed by atoms with E-state index in [2.05, 4.69) is 10.3 Å². The third-order valence-electron chi connectivity index (χ3n) is 2.83. The zero-order valence-electron chi connectivity index (χ0n) is 10.5. The van der Waals surface area contributed by atoms with Gasteiger partial charge in [-0.1, -0.05) is 13.8 Å². The summed E-state index contributed by atoms with van der Waals surface area (Å²) in [6.07, 6.45) is 0. The quantitative estimate of drug-likeness (QED) is 0.888. The van der Waals surface area contributed by atoms with Gasteiger partial charge in [-0.25, -0.2) is 4.39 Å². The molecule has 0 saturated carbocycles. The average molecular weight is 250 g/mol. The average Bonchev–Trinajstić information content (AvgIpc) is 2.72. The molecule has 0 aliphatic carbocycles. The van der Waals surface area contributed by atoms with Crippen LogP contribution < -0.4 is 10.1 Å². The Hall–Kier alpha value is -1.91. The van der Waals surface area contributed by atoms with E-state index in [1.807, 2.05) is 13.8 Å². The molecule has 1 aliphatic rings. The lowest BCUT2D eigenvalue weighted by Gasteiger charge is -2.06. The molecule has 0 aromatic heterocycles. The van der Waals surface area contributed by atoms with Crippen LogP contribution in [0.25, 0.3) is 0 Å². The summed E-state index contributed by atoms with van der Waals surface area (Å²) in [7, 11) is 1.40. The molecule has 96 valence electrons. The van der Waals surface area contributed by atoms with Crippen LogP contribution in [0.15, 0.2) is 23.2 Å². The molecule has 1 atom stereocenters. The molecule has 18 heavy (non-hydrogen) atoms. The lowest BCUT2D eigenvalue weighted by atomic mass is 10.1. The zero-order chi connectivity index (χ0) is 13.3. The molecule has 1 heterocycles. The normalized spacial score (nSPS) is 18.8. The molecule has 4 nitrogen and oxygen atoms in total. The fourth-order valence-corrected chi connectivity index (χ4v) is 1.83. The van der Waals surface area contributed by atoms with Crippen LogP contribution in [0.1, 0.15) is 19.4 Å². The lowest BCUT2D eigenvalue weighted by molar-refractivity contribution is -0.120. The van der Waals surface area contributed by atoms with Gasteiger partial charge in [-0.2, -0.15) is 0 Å². The van der Waals surface area contributed by atoms with Gasteiger partial charge in [0.15, 0.2) is 11.6 Å². The smallest absolute Gasteiger partial charge is 0.250 e. The van der Waals surface area contributed by atoms with Crippen molar-refractivity contribution in [2.45, 2.75) is 19.9 Å². The Morgan fingerprint density at radius 2 is 2.17 bits per heavy atom. The molecule has 0 fully saturated rings. The lowest BCUT2D eigenvalue weighted by Crippen LogP contribution is -2.31. The Labute approximate surface area is 105 Å². The molecular formula is C13H15FN2O2. The van der Waals surface area contributed by atoms with Gasteiger partial charge in [-0.15, -0.1) is 0 Å². The minimum absolute atomic E-state index is 0.122. The van der Waals surface area contributed by atoms with Crippen molar-refractivity contribution >= 4 is 11.7 Å². The van der Waals surface area contributed by atoms with E-state index in [-0.39, 0.29) is 23.6 Å². The van der Waals surface area contributed by atoms with E-state index in [1.165, 1.54) is 19.2 Å². The second-order valence-corrected chi connectivity index (χ2v) is 4.51. The molecule has 2 rings (SSSR count). The van der Waals surface area contributed by atoms with Crippen molar-refractivity contribution in [3.05, 3.63) is 29.6 Å². The highest BCUT2D eigenvalue weighted by Gasteiger charge is 2.29. The Morgan fingerprint density at radius 3 is 2.72 bits per heavy atom. The Balaban J connectivity index is 2.33. The topological polar surface area (TPSA) is 50.7 Å². The maximum absolute atomic E-state index is 13.3. The van der Waals surface area contributed by atoms with E-state index in [1.54, 1.807) is 6.07 Å². The summed E-state index contributed by atoms with van der Waals surface area (Å²) in [6, 6.07) is 4.01. The second-order valence-electron chi connectivity index (χ2n) is 4.51. The van der Waals surface area contributed by atoms with Gasteiger partial charge in [0.05, 0.1) is 7.11 Å². The van der Waals surface area contributed by atoms with E-state index in [0.29, 0.717) is 11.4 Å². The number of hydrogen-bond donors (Lipinski definition) is 1. The Bertz CT molecular complexity index is 512. The van der Waals surface area contributed by atoms with Gasteiger partial charge in [-0.3, -0.25) is 9.79 Å². The third kappa shape index (κ3) is 2.20. The molecule has 1 aromatic carbocycles. The van der Waals surface area contributed by atoms with Crippen LogP contribution >= 0.6 is 0 Å². The van der Waals surface area contributed by atoms with Crippen LogP contribution in [-0.4, -0.2) is 24.9 Å². The summed E-state index contributed by atoms with van der Waals surface area (Å²) in [4.78, 5) is 16.0. The third-order valence-corrected chi connectivity index (χ3v) is 2.83. The van der Waals surface area contributed by atoms with E-state index in [4.69, 9.17) is 4.74 Å². The van der Waals surface area contributed by atoms with Crippen LogP contribution in [0.5, 0.6) is 5.75 Å². The summed E-state index contributed by atoms with van der Waals surface area (Å²) in [5, 5.41) is 2.71. The first-order valence-electron chi connectivity index (χ1n) is 5.75. The van der Waals surface area contributed by atoms with Crippen molar-refractivity contribution in [2.75, 3.05) is 7.11 Å². The maximum Gasteiger partial charge on any atom is 0.250 e. The molecule has 0 bridgehead atoms. The van der Waals surface area contributed by atoms with E-state index in [0.717, 1.165) is 0 Å². The molecule has 0 saturated heterocycles. The maximum atomic E-state index is 13.3. The molecule has 1 N–H and O–H groups in total. The van der Waals surface area contributed by atoms with Crippen molar-refractivity contribution in [1.82, 2.24) is 5.32 Å². The number of benzene rings is 1. The zero-order valence-corrected chi connectivity index (χ0v) is 10.5. The molecule has 0 spiro atoms. The van der Waals surface area contributed by atoms with Crippen LogP contribution in [0, 0.1) is 11.7 Å². The number of methoxy groups -OCH3 is 1. The van der Waals surface area contributed by atoms with Gasteiger partial charge in [0.2, 0.25) is 0 Å². The standard InChI is InChI=1S/C13H15FN2O2/c1-7(2)11-13(17)16-12(15-11)8-4-5-9(14)10(6-8)18-3/h4-7,11H,1-3H3,(H,15,16,17).